The van der Waals surface area contributed by atoms with Gasteiger partial charge in [-0.3, -0.25) is 9.36 Å². The number of nitrogens with zero attached hydrogens (tertiary/aromatic N) is 3. The lowest BCUT2D eigenvalue weighted by molar-refractivity contribution is 0.339. The van der Waals surface area contributed by atoms with E-state index in [9.17, 15) is 13.2 Å². The molecule has 0 spiro atoms. The van der Waals surface area contributed by atoms with Crippen molar-refractivity contribution in [3.8, 4) is 5.40 Å². The highest BCUT2D eigenvalue weighted by atomic mass is 32.2. The van der Waals surface area contributed by atoms with E-state index in [0.29, 0.717) is 22.5 Å². The van der Waals surface area contributed by atoms with Crippen LogP contribution in [0.3, 0.4) is 0 Å². The smallest absolute Gasteiger partial charge is 0.261 e. The zero-order chi connectivity index (χ0) is 18.0. The number of hydrogen-bond acceptors (Lipinski definition) is 6. The highest BCUT2D eigenvalue weighted by Gasteiger charge is 2.22. The highest BCUT2D eigenvalue weighted by Crippen LogP contribution is 2.29. The van der Waals surface area contributed by atoms with E-state index >= 15 is 0 Å². The predicted octanol–water partition coefficient (Wildman–Crippen LogP) is 3.02. The molecule has 0 atom stereocenters. The van der Waals surface area contributed by atoms with Crippen LogP contribution in [0.4, 0.5) is 0 Å². The number of benzene rings is 1. The third-order valence-electron chi connectivity index (χ3n) is 4.58. The van der Waals surface area contributed by atoms with Crippen LogP contribution in [-0.2, 0) is 15.6 Å². The van der Waals surface area contributed by atoms with Gasteiger partial charge in [0.05, 0.1) is 21.6 Å². The molecule has 1 aliphatic carbocycles. The van der Waals surface area contributed by atoms with Gasteiger partial charge in [-0.25, -0.2) is 13.4 Å². The molecule has 8 heteroatoms. The van der Waals surface area contributed by atoms with Crippen molar-refractivity contribution >= 4 is 32.5 Å². The van der Waals surface area contributed by atoms with Gasteiger partial charge in [-0.1, -0.05) is 19.3 Å². The third kappa shape index (κ3) is 3.72. The first-order valence-corrected chi connectivity index (χ1v) is 11.1. The van der Waals surface area contributed by atoms with Crippen molar-refractivity contribution in [3.05, 3.63) is 34.4 Å². The molecule has 2 aromatic rings. The Labute approximate surface area is 150 Å². The van der Waals surface area contributed by atoms with Crippen molar-refractivity contribution in [2.45, 2.75) is 48.8 Å². The molecule has 0 radical (unpaired) electrons. The Balaban J connectivity index is 2.21. The number of thiocyanates is 1. The molecule has 3 rings (SSSR count). The number of nitriles is 1. The summed E-state index contributed by atoms with van der Waals surface area (Å²) in [5, 5.41) is 11.3. The Morgan fingerprint density at radius 2 is 2.04 bits per heavy atom. The van der Waals surface area contributed by atoms with E-state index in [1.54, 1.807) is 10.6 Å². The van der Waals surface area contributed by atoms with Crippen molar-refractivity contribution in [2.75, 3.05) is 6.26 Å². The minimum Gasteiger partial charge on any atom is -0.292 e. The van der Waals surface area contributed by atoms with Crippen LogP contribution in [0.25, 0.3) is 10.9 Å². The van der Waals surface area contributed by atoms with E-state index in [1.165, 1.54) is 18.6 Å². The number of rotatable bonds is 4. The van der Waals surface area contributed by atoms with Crippen LogP contribution in [-0.4, -0.2) is 24.2 Å². The average molecular weight is 377 g/mol. The second-order valence-electron chi connectivity index (χ2n) is 6.33. The second kappa shape index (κ2) is 7.18. The minimum atomic E-state index is -3.37. The Bertz CT molecular complexity index is 1000. The molecule has 1 saturated carbocycles. The van der Waals surface area contributed by atoms with Crippen LogP contribution in [0.15, 0.2) is 27.9 Å². The fourth-order valence-electron chi connectivity index (χ4n) is 3.37. The van der Waals surface area contributed by atoms with E-state index in [-0.39, 0.29) is 16.5 Å². The van der Waals surface area contributed by atoms with E-state index in [2.05, 4.69) is 4.98 Å². The largest absolute Gasteiger partial charge is 0.292 e. The van der Waals surface area contributed by atoms with Crippen molar-refractivity contribution in [2.24, 2.45) is 0 Å². The topological polar surface area (TPSA) is 92.8 Å². The van der Waals surface area contributed by atoms with Gasteiger partial charge in [0, 0.05) is 12.3 Å². The summed E-state index contributed by atoms with van der Waals surface area (Å²) in [5.41, 5.74) is 0.221. The standard InChI is InChI=1S/C17H19N3O3S2/c1-25(22,23)13-7-8-14-15(9-13)19-16(10-24-11-18)20(17(14)21)12-5-3-2-4-6-12/h7-9,12H,2-6,10H2,1H3. The monoisotopic (exact) mass is 377 g/mol. The van der Waals surface area contributed by atoms with Crippen LogP contribution in [0, 0.1) is 10.7 Å². The number of hydrogen-bond donors (Lipinski definition) is 0. The van der Waals surface area contributed by atoms with Crippen LogP contribution in [0.5, 0.6) is 0 Å². The second-order valence-corrected chi connectivity index (χ2v) is 9.10. The average Bonchev–Trinajstić information content (AvgIpc) is 2.59. The van der Waals surface area contributed by atoms with Crippen molar-refractivity contribution < 1.29 is 8.42 Å². The van der Waals surface area contributed by atoms with Crippen LogP contribution in [0.1, 0.15) is 44.0 Å². The summed E-state index contributed by atoms with van der Waals surface area (Å²) in [6, 6.07) is 4.54. The lowest BCUT2D eigenvalue weighted by Crippen LogP contribution is -2.30. The molecule has 25 heavy (non-hydrogen) atoms. The molecule has 132 valence electrons. The molecule has 0 aliphatic heterocycles. The summed E-state index contributed by atoms with van der Waals surface area (Å²) in [6.45, 7) is 0. The van der Waals surface area contributed by atoms with E-state index in [0.717, 1.165) is 43.7 Å². The Morgan fingerprint density at radius 1 is 1.32 bits per heavy atom. The van der Waals surface area contributed by atoms with Crippen molar-refractivity contribution in [3.63, 3.8) is 0 Å². The fourth-order valence-corrected chi connectivity index (χ4v) is 4.41. The van der Waals surface area contributed by atoms with Gasteiger partial charge < -0.3 is 0 Å². The maximum absolute atomic E-state index is 13.1. The Kier molecular flexibility index (Phi) is 5.16. The highest BCUT2D eigenvalue weighted by molar-refractivity contribution is 8.02. The van der Waals surface area contributed by atoms with Gasteiger partial charge in [-0.05, 0) is 42.8 Å². The molecule has 1 heterocycles. The number of thioether (sulfide) groups is 1. The first-order chi connectivity index (χ1) is 11.9. The van der Waals surface area contributed by atoms with Gasteiger partial charge in [-0.2, -0.15) is 5.26 Å². The summed E-state index contributed by atoms with van der Waals surface area (Å²) < 4.78 is 25.3. The van der Waals surface area contributed by atoms with E-state index in [1.807, 2.05) is 5.40 Å². The Hall–Kier alpha value is -1.85. The van der Waals surface area contributed by atoms with Gasteiger partial charge in [0.25, 0.3) is 5.56 Å². The molecule has 0 N–H and O–H groups in total. The summed E-state index contributed by atoms with van der Waals surface area (Å²) >= 11 is 1.03. The molecule has 1 aliphatic rings. The van der Waals surface area contributed by atoms with Crippen LogP contribution >= 0.6 is 11.8 Å². The SMILES string of the molecule is CS(=O)(=O)c1ccc2c(=O)n(C3CCCCC3)c(CSC#N)nc2c1. The minimum absolute atomic E-state index is 0.0991. The molecule has 1 fully saturated rings. The molecule has 0 amide bonds. The molecule has 1 aromatic carbocycles. The molecular weight excluding hydrogens is 358 g/mol. The van der Waals surface area contributed by atoms with Gasteiger partial charge in [0.2, 0.25) is 0 Å². The first-order valence-electron chi connectivity index (χ1n) is 8.18. The van der Waals surface area contributed by atoms with Crippen molar-refractivity contribution in [1.82, 2.24) is 9.55 Å². The third-order valence-corrected chi connectivity index (χ3v) is 6.22. The number of aromatic nitrogens is 2. The predicted molar refractivity (Wildman–Crippen MR) is 98.1 cm³/mol. The van der Waals surface area contributed by atoms with Crippen LogP contribution in [0.2, 0.25) is 0 Å². The molecule has 0 bridgehead atoms. The summed E-state index contributed by atoms with van der Waals surface area (Å²) in [6.07, 6.45) is 6.31. The lowest BCUT2D eigenvalue weighted by Gasteiger charge is -2.26. The zero-order valence-electron chi connectivity index (χ0n) is 13.9. The summed E-state index contributed by atoms with van der Waals surface area (Å²) in [7, 11) is -3.37. The van der Waals surface area contributed by atoms with Gasteiger partial charge >= 0.3 is 0 Å². The molecular formula is C17H19N3O3S2. The number of sulfone groups is 1. The number of fused-ring (bicyclic) bond motifs is 1. The van der Waals surface area contributed by atoms with Gasteiger partial charge in [0.15, 0.2) is 9.84 Å². The summed E-state index contributed by atoms with van der Waals surface area (Å²) in [4.78, 5) is 17.7. The maximum atomic E-state index is 13.1. The lowest BCUT2D eigenvalue weighted by atomic mass is 9.95. The van der Waals surface area contributed by atoms with Gasteiger partial charge in [-0.15, -0.1) is 0 Å². The molecule has 0 unspecified atom stereocenters. The first kappa shape index (κ1) is 18.0. The quantitative estimate of drug-likeness (QED) is 0.761. The molecule has 1 aromatic heterocycles. The van der Waals surface area contributed by atoms with Crippen molar-refractivity contribution in [1.29, 1.82) is 5.26 Å². The molecule has 6 nitrogen and oxygen atoms in total. The zero-order valence-corrected chi connectivity index (χ0v) is 15.6. The Morgan fingerprint density at radius 3 is 2.68 bits per heavy atom. The maximum Gasteiger partial charge on any atom is 0.261 e. The van der Waals surface area contributed by atoms with Crippen LogP contribution < -0.4 is 5.56 Å². The summed E-state index contributed by atoms with van der Waals surface area (Å²) in [5.74, 6) is 0.850. The van der Waals surface area contributed by atoms with E-state index in [4.69, 9.17) is 5.26 Å². The van der Waals surface area contributed by atoms with E-state index < -0.39 is 9.84 Å². The fraction of sp³-hybridized carbons (Fsp3) is 0.471. The van der Waals surface area contributed by atoms with Gasteiger partial charge in [0.1, 0.15) is 11.2 Å². The molecule has 0 saturated heterocycles. The normalized spacial score (nSPS) is 16.0.